The fourth-order valence-corrected chi connectivity index (χ4v) is 2.85. The van der Waals surface area contributed by atoms with Crippen molar-refractivity contribution in [3.05, 3.63) is 17.5 Å². The van der Waals surface area contributed by atoms with Crippen LogP contribution in [0.3, 0.4) is 0 Å². The van der Waals surface area contributed by atoms with Crippen molar-refractivity contribution in [1.82, 2.24) is 19.8 Å². The summed E-state index contributed by atoms with van der Waals surface area (Å²) in [6.45, 7) is 10.1. The molecule has 0 aromatic carbocycles. The molecule has 1 aliphatic heterocycles. The Bertz CT molecular complexity index is 564. The van der Waals surface area contributed by atoms with E-state index in [2.05, 4.69) is 28.7 Å². The molecule has 0 spiro atoms. The van der Waals surface area contributed by atoms with Gasteiger partial charge in [0.15, 0.2) is 0 Å². The summed E-state index contributed by atoms with van der Waals surface area (Å²) >= 11 is 0. The molecule has 0 radical (unpaired) electrons. The maximum absolute atomic E-state index is 12.7. The smallest absolute Gasteiger partial charge is 0.272 e. The first-order valence-corrected chi connectivity index (χ1v) is 8.68. The Balaban J connectivity index is 2.17. The van der Waals surface area contributed by atoms with E-state index in [4.69, 9.17) is 0 Å². The second-order valence-corrected chi connectivity index (χ2v) is 6.12. The van der Waals surface area contributed by atoms with E-state index in [0.717, 1.165) is 38.0 Å². The molecule has 1 saturated heterocycles. The van der Waals surface area contributed by atoms with E-state index < -0.39 is 0 Å². The van der Waals surface area contributed by atoms with Crippen LogP contribution in [0.1, 0.15) is 42.9 Å². The Morgan fingerprint density at radius 3 is 2.33 bits per heavy atom. The molecule has 132 valence electrons. The van der Waals surface area contributed by atoms with Gasteiger partial charge in [0.05, 0.1) is 0 Å². The molecular formula is C17H27N5O2. The number of nitrogens with zero attached hydrogens (tertiary/aromatic N) is 5. The molecule has 0 saturated carbocycles. The van der Waals surface area contributed by atoms with Crippen LogP contribution in [0.5, 0.6) is 0 Å². The summed E-state index contributed by atoms with van der Waals surface area (Å²) in [6, 6.07) is 1.74. The van der Waals surface area contributed by atoms with Crippen molar-refractivity contribution >= 4 is 18.3 Å². The normalized spacial score (nSPS) is 14.6. The number of piperazine rings is 1. The van der Waals surface area contributed by atoms with E-state index in [1.807, 2.05) is 6.92 Å². The molecule has 0 N–H and O–H groups in total. The molecule has 1 fully saturated rings. The fourth-order valence-electron chi connectivity index (χ4n) is 2.85. The van der Waals surface area contributed by atoms with Gasteiger partial charge in [0.1, 0.15) is 5.69 Å². The van der Waals surface area contributed by atoms with Crippen LogP contribution >= 0.6 is 0 Å². The molecular weight excluding hydrogens is 306 g/mol. The Morgan fingerprint density at radius 2 is 1.79 bits per heavy atom. The average Bonchev–Trinajstić information content (AvgIpc) is 2.60. The lowest BCUT2D eigenvalue weighted by Gasteiger charge is -2.32. The monoisotopic (exact) mass is 333 g/mol. The lowest BCUT2D eigenvalue weighted by atomic mass is 10.2. The van der Waals surface area contributed by atoms with Gasteiger partial charge in [0.2, 0.25) is 12.4 Å². The molecule has 1 aliphatic rings. The lowest BCUT2D eigenvalue weighted by Crippen LogP contribution is -2.48. The van der Waals surface area contributed by atoms with Gasteiger partial charge in [-0.05, 0) is 25.8 Å². The molecule has 1 aromatic rings. The predicted molar refractivity (Wildman–Crippen MR) is 93.1 cm³/mol. The first kappa shape index (κ1) is 18.2. The zero-order valence-corrected chi connectivity index (χ0v) is 14.9. The van der Waals surface area contributed by atoms with Gasteiger partial charge in [-0.2, -0.15) is 0 Å². The molecule has 0 unspecified atom stereocenters. The van der Waals surface area contributed by atoms with Crippen LogP contribution < -0.4 is 4.90 Å². The van der Waals surface area contributed by atoms with Crippen molar-refractivity contribution in [2.24, 2.45) is 0 Å². The standard InChI is InChI=1S/C17H27N5O2/c1-4-6-22(7-5-2)17-18-14(3)12-15(19-17)16(24)21-10-8-20(13-23)9-11-21/h12-13H,4-11H2,1-3H3. The largest absolute Gasteiger partial charge is 0.342 e. The minimum atomic E-state index is -0.0831. The first-order chi connectivity index (χ1) is 11.6. The number of aryl methyl sites for hydroxylation is 1. The number of hydrogen-bond donors (Lipinski definition) is 0. The number of carbonyl (C=O) groups excluding carboxylic acids is 2. The van der Waals surface area contributed by atoms with Crippen LogP contribution in [0, 0.1) is 6.92 Å². The van der Waals surface area contributed by atoms with Gasteiger partial charge < -0.3 is 14.7 Å². The summed E-state index contributed by atoms with van der Waals surface area (Å²) in [5.74, 6) is 0.550. The molecule has 2 heterocycles. The van der Waals surface area contributed by atoms with E-state index in [1.165, 1.54) is 0 Å². The Kier molecular flexibility index (Phi) is 6.52. The summed E-state index contributed by atoms with van der Waals surface area (Å²) < 4.78 is 0. The molecule has 7 heteroatoms. The Morgan fingerprint density at radius 1 is 1.17 bits per heavy atom. The quantitative estimate of drug-likeness (QED) is 0.704. The number of rotatable bonds is 7. The third kappa shape index (κ3) is 4.43. The first-order valence-electron chi connectivity index (χ1n) is 8.68. The molecule has 24 heavy (non-hydrogen) atoms. The van der Waals surface area contributed by atoms with Gasteiger partial charge in [-0.1, -0.05) is 13.8 Å². The number of hydrogen-bond acceptors (Lipinski definition) is 5. The lowest BCUT2D eigenvalue weighted by molar-refractivity contribution is -0.119. The van der Waals surface area contributed by atoms with Gasteiger partial charge in [0, 0.05) is 45.0 Å². The van der Waals surface area contributed by atoms with E-state index in [-0.39, 0.29) is 5.91 Å². The molecule has 1 aromatic heterocycles. The minimum Gasteiger partial charge on any atom is -0.342 e. The number of carbonyl (C=O) groups is 2. The summed E-state index contributed by atoms with van der Waals surface area (Å²) in [7, 11) is 0. The van der Waals surface area contributed by atoms with Gasteiger partial charge in [0.25, 0.3) is 5.91 Å². The van der Waals surface area contributed by atoms with Gasteiger partial charge in [-0.25, -0.2) is 9.97 Å². The van der Waals surface area contributed by atoms with E-state index in [1.54, 1.807) is 15.9 Å². The van der Waals surface area contributed by atoms with E-state index in [9.17, 15) is 9.59 Å². The SMILES string of the molecule is CCCN(CCC)c1nc(C)cc(C(=O)N2CCN(C=O)CC2)n1. The molecule has 2 amide bonds. The van der Waals surface area contributed by atoms with Crippen LogP contribution in [0.4, 0.5) is 5.95 Å². The highest BCUT2D eigenvalue weighted by molar-refractivity contribution is 5.92. The summed E-state index contributed by atoms with van der Waals surface area (Å²) in [5.41, 5.74) is 1.24. The highest BCUT2D eigenvalue weighted by atomic mass is 16.2. The third-order valence-corrected chi connectivity index (χ3v) is 4.08. The third-order valence-electron chi connectivity index (χ3n) is 4.08. The van der Waals surface area contributed by atoms with Crippen molar-refractivity contribution in [2.75, 3.05) is 44.2 Å². The molecule has 0 bridgehead atoms. The van der Waals surface area contributed by atoms with Crippen LogP contribution in [0.25, 0.3) is 0 Å². The number of anilines is 1. The van der Waals surface area contributed by atoms with Crippen molar-refractivity contribution in [1.29, 1.82) is 0 Å². The van der Waals surface area contributed by atoms with E-state index >= 15 is 0 Å². The van der Waals surface area contributed by atoms with Gasteiger partial charge >= 0.3 is 0 Å². The minimum absolute atomic E-state index is 0.0831. The van der Waals surface area contributed by atoms with Gasteiger partial charge in [-0.15, -0.1) is 0 Å². The Labute approximate surface area is 143 Å². The fraction of sp³-hybridized carbons (Fsp3) is 0.647. The van der Waals surface area contributed by atoms with Crippen molar-refractivity contribution in [3.63, 3.8) is 0 Å². The number of aromatic nitrogens is 2. The Hall–Kier alpha value is -2.18. The molecule has 0 aliphatic carbocycles. The zero-order chi connectivity index (χ0) is 17.5. The molecule has 7 nitrogen and oxygen atoms in total. The van der Waals surface area contributed by atoms with Crippen molar-refractivity contribution in [2.45, 2.75) is 33.6 Å². The van der Waals surface area contributed by atoms with Crippen LogP contribution in [-0.2, 0) is 4.79 Å². The van der Waals surface area contributed by atoms with Gasteiger partial charge in [-0.3, -0.25) is 9.59 Å². The highest BCUT2D eigenvalue weighted by Gasteiger charge is 2.23. The van der Waals surface area contributed by atoms with Crippen LogP contribution in [-0.4, -0.2) is 71.4 Å². The zero-order valence-electron chi connectivity index (χ0n) is 14.9. The second-order valence-electron chi connectivity index (χ2n) is 6.12. The van der Waals surface area contributed by atoms with Crippen molar-refractivity contribution in [3.8, 4) is 0 Å². The molecule has 0 atom stereocenters. The average molecular weight is 333 g/mol. The topological polar surface area (TPSA) is 69.6 Å². The maximum atomic E-state index is 12.7. The summed E-state index contributed by atoms with van der Waals surface area (Å²) in [5, 5.41) is 0. The second kappa shape index (κ2) is 8.61. The van der Waals surface area contributed by atoms with Crippen LogP contribution in [0.2, 0.25) is 0 Å². The highest BCUT2D eigenvalue weighted by Crippen LogP contribution is 2.14. The van der Waals surface area contributed by atoms with Crippen LogP contribution in [0.15, 0.2) is 6.07 Å². The summed E-state index contributed by atoms with van der Waals surface area (Å²) in [4.78, 5) is 38.2. The summed E-state index contributed by atoms with van der Waals surface area (Å²) in [6.07, 6.45) is 2.85. The molecule has 2 rings (SSSR count). The van der Waals surface area contributed by atoms with E-state index in [0.29, 0.717) is 37.8 Å². The predicted octanol–water partition coefficient (Wildman–Crippen LogP) is 1.33. The van der Waals surface area contributed by atoms with Crippen molar-refractivity contribution < 1.29 is 9.59 Å². The maximum Gasteiger partial charge on any atom is 0.272 e. The number of amides is 2.